The Kier molecular flexibility index (Phi) is 3.00. The maximum atomic E-state index is 13.5. The molecule has 0 heterocycles. The maximum Gasteiger partial charge on any atom is 0.129 e. The van der Waals surface area contributed by atoms with Crippen molar-refractivity contribution in [1.82, 2.24) is 0 Å². The molecule has 2 unspecified atom stereocenters. The molecule has 1 aliphatic rings. The van der Waals surface area contributed by atoms with Crippen molar-refractivity contribution in [3.8, 4) is 0 Å². The number of hydrogen-bond donors (Lipinski definition) is 1. The van der Waals surface area contributed by atoms with Crippen LogP contribution in [0.4, 0.5) is 8.78 Å². The third-order valence-electron chi connectivity index (χ3n) is 3.12. The lowest BCUT2D eigenvalue weighted by Crippen LogP contribution is -2.27. The summed E-state index contributed by atoms with van der Waals surface area (Å²) < 4.78 is 27.0. The molecule has 1 saturated carbocycles. The van der Waals surface area contributed by atoms with Crippen LogP contribution in [0.5, 0.6) is 0 Å². The monoisotopic (exact) mass is 211 g/mol. The third-order valence-corrected chi connectivity index (χ3v) is 3.12. The molecule has 1 aromatic rings. The second-order valence-corrected chi connectivity index (χ2v) is 4.26. The molecule has 15 heavy (non-hydrogen) atoms. The van der Waals surface area contributed by atoms with Crippen LogP contribution in [0.2, 0.25) is 0 Å². The Morgan fingerprint density at radius 1 is 1.13 bits per heavy atom. The number of nitrogens with two attached hydrogens (primary N) is 1. The molecule has 0 aromatic heterocycles. The molecule has 0 aliphatic heterocycles. The van der Waals surface area contributed by atoms with Gasteiger partial charge < -0.3 is 5.73 Å². The lowest BCUT2D eigenvalue weighted by Gasteiger charge is -2.27. The SMILES string of the molecule is NC1CCCC(c2c(F)cccc2F)C1. The van der Waals surface area contributed by atoms with E-state index in [0.717, 1.165) is 19.3 Å². The van der Waals surface area contributed by atoms with Gasteiger partial charge in [-0.3, -0.25) is 0 Å². The first-order chi connectivity index (χ1) is 7.18. The zero-order chi connectivity index (χ0) is 10.8. The first-order valence-corrected chi connectivity index (χ1v) is 5.38. The highest BCUT2D eigenvalue weighted by molar-refractivity contribution is 5.24. The van der Waals surface area contributed by atoms with Crippen molar-refractivity contribution in [3.63, 3.8) is 0 Å². The van der Waals surface area contributed by atoms with E-state index >= 15 is 0 Å². The zero-order valence-electron chi connectivity index (χ0n) is 8.55. The average molecular weight is 211 g/mol. The average Bonchev–Trinajstić information content (AvgIpc) is 2.17. The normalized spacial score (nSPS) is 26.6. The molecule has 0 bridgehead atoms. The number of halogens is 2. The fraction of sp³-hybridized carbons (Fsp3) is 0.500. The van der Waals surface area contributed by atoms with Gasteiger partial charge in [0.25, 0.3) is 0 Å². The minimum atomic E-state index is -0.436. The minimum absolute atomic E-state index is 0.0463. The Morgan fingerprint density at radius 3 is 2.40 bits per heavy atom. The van der Waals surface area contributed by atoms with Crippen LogP contribution in [-0.2, 0) is 0 Å². The lowest BCUT2D eigenvalue weighted by atomic mass is 9.81. The van der Waals surface area contributed by atoms with Gasteiger partial charge in [-0.05, 0) is 37.3 Å². The molecule has 0 saturated heterocycles. The van der Waals surface area contributed by atoms with E-state index in [4.69, 9.17) is 5.73 Å². The molecule has 0 radical (unpaired) electrons. The van der Waals surface area contributed by atoms with E-state index in [1.165, 1.54) is 18.2 Å². The fourth-order valence-corrected chi connectivity index (χ4v) is 2.39. The number of hydrogen-bond acceptors (Lipinski definition) is 1. The Morgan fingerprint density at radius 2 is 1.80 bits per heavy atom. The molecule has 1 aromatic carbocycles. The molecule has 1 aliphatic carbocycles. The quantitative estimate of drug-likeness (QED) is 0.759. The van der Waals surface area contributed by atoms with Gasteiger partial charge in [0.15, 0.2) is 0 Å². The molecular weight excluding hydrogens is 196 g/mol. The first-order valence-electron chi connectivity index (χ1n) is 5.38. The molecule has 0 amide bonds. The maximum absolute atomic E-state index is 13.5. The van der Waals surface area contributed by atoms with E-state index in [1.54, 1.807) is 0 Å². The molecule has 82 valence electrons. The Hall–Kier alpha value is -0.960. The van der Waals surface area contributed by atoms with Crippen LogP contribution < -0.4 is 5.73 Å². The number of benzene rings is 1. The summed E-state index contributed by atoms with van der Waals surface area (Å²) in [6.45, 7) is 0. The van der Waals surface area contributed by atoms with Crippen LogP contribution in [0.1, 0.15) is 37.2 Å². The van der Waals surface area contributed by atoms with Crippen molar-refractivity contribution in [2.45, 2.75) is 37.6 Å². The van der Waals surface area contributed by atoms with Crippen molar-refractivity contribution < 1.29 is 8.78 Å². The van der Waals surface area contributed by atoms with Gasteiger partial charge in [-0.1, -0.05) is 12.5 Å². The van der Waals surface area contributed by atoms with Crippen molar-refractivity contribution in [2.24, 2.45) is 5.73 Å². The summed E-state index contributed by atoms with van der Waals surface area (Å²) in [5, 5.41) is 0. The molecular formula is C12H15F2N. The Labute approximate surface area is 88.3 Å². The van der Waals surface area contributed by atoms with Crippen LogP contribution >= 0.6 is 0 Å². The second kappa shape index (κ2) is 4.27. The first kappa shape index (κ1) is 10.6. The van der Waals surface area contributed by atoms with Gasteiger partial charge in [-0.2, -0.15) is 0 Å². The molecule has 1 nitrogen and oxygen atoms in total. The van der Waals surface area contributed by atoms with Gasteiger partial charge >= 0.3 is 0 Å². The highest BCUT2D eigenvalue weighted by Gasteiger charge is 2.25. The van der Waals surface area contributed by atoms with Gasteiger partial charge in [-0.15, -0.1) is 0 Å². The van der Waals surface area contributed by atoms with Crippen LogP contribution in [0.25, 0.3) is 0 Å². The van der Waals surface area contributed by atoms with Gasteiger partial charge in [0.1, 0.15) is 11.6 Å². The molecule has 2 atom stereocenters. The zero-order valence-corrected chi connectivity index (χ0v) is 8.55. The van der Waals surface area contributed by atoms with Crippen molar-refractivity contribution in [2.75, 3.05) is 0 Å². The number of rotatable bonds is 1. The highest BCUT2D eigenvalue weighted by atomic mass is 19.1. The molecule has 2 rings (SSSR count). The van der Waals surface area contributed by atoms with E-state index < -0.39 is 11.6 Å². The summed E-state index contributed by atoms with van der Waals surface area (Å²) in [7, 11) is 0. The summed E-state index contributed by atoms with van der Waals surface area (Å²) in [6.07, 6.45) is 3.45. The summed E-state index contributed by atoms with van der Waals surface area (Å²) in [4.78, 5) is 0. The predicted molar refractivity (Wildman–Crippen MR) is 55.5 cm³/mol. The van der Waals surface area contributed by atoms with Crippen LogP contribution in [0.3, 0.4) is 0 Å². The Bertz CT molecular complexity index is 331. The van der Waals surface area contributed by atoms with Gasteiger partial charge in [0, 0.05) is 11.6 Å². The van der Waals surface area contributed by atoms with Crippen LogP contribution in [-0.4, -0.2) is 6.04 Å². The summed E-state index contributed by atoms with van der Waals surface area (Å²) in [5.41, 5.74) is 6.05. The standard InChI is InChI=1S/C12H15F2N/c13-10-5-2-6-11(14)12(10)8-3-1-4-9(15)7-8/h2,5-6,8-9H,1,3-4,7,15H2. The molecule has 1 fully saturated rings. The molecule has 0 spiro atoms. The second-order valence-electron chi connectivity index (χ2n) is 4.26. The Balaban J connectivity index is 2.28. The van der Waals surface area contributed by atoms with E-state index in [9.17, 15) is 8.78 Å². The third kappa shape index (κ3) is 2.17. The van der Waals surface area contributed by atoms with Crippen LogP contribution in [0.15, 0.2) is 18.2 Å². The predicted octanol–water partition coefficient (Wildman–Crippen LogP) is 2.95. The van der Waals surface area contributed by atoms with E-state index in [0.29, 0.717) is 6.42 Å². The highest BCUT2D eigenvalue weighted by Crippen LogP contribution is 2.34. The molecule has 3 heteroatoms. The van der Waals surface area contributed by atoms with E-state index in [2.05, 4.69) is 0 Å². The molecule has 2 N–H and O–H groups in total. The van der Waals surface area contributed by atoms with Gasteiger partial charge in [-0.25, -0.2) is 8.78 Å². The van der Waals surface area contributed by atoms with Gasteiger partial charge in [0.2, 0.25) is 0 Å². The minimum Gasteiger partial charge on any atom is -0.328 e. The van der Waals surface area contributed by atoms with E-state index in [1.807, 2.05) is 0 Å². The van der Waals surface area contributed by atoms with Crippen molar-refractivity contribution in [1.29, 1.82) is 0 Å². The fourth-order valence-electron chi connectivity index (χ4n) is 2.39. The van der Waals surface area contributed by atoms with Crippen LogP contribution in [0, 0.1) is 11.6 Å². The summed E-state index contributed by atoms with van der Waals surface area (Å²) in [6, 6.07) is 4.12. The van der Waals surface area contributed by atoms with Crippen molar-refractivity contribution >= 4 is 0 Å². The largest absolute Gasteiger partial charge is 0.328 e. The topological polar surface area (TPSA) is 26.0 Å². The smallest absolute Gasteiger partial charge is 0.129 e. The summed E-state index contributed by atoms with van der Waals surface area (Å²) >= 11 is 0. The van der Waals surface area contributed by atoms with Crippen molar-refractivity contribution in [3.05, 3.63) is 35.4 Å². The van der Waals surface area contributed by atoms with E-state index in [-0.39, 0.29) is 17.5 Å². The lowest BCUT2D eigenvalue weighted by molar-refractivity contribution is 0.374. The summed E-state index contributed by atoms with van der Waals surface area (Å²) in [5.74, 6) is -0.918. The van der Waals surface area contributed by atoms with Gasteiger partial charge in [0.05, 0.1) is 0 Å².